The maximum Gasteiger partial charge on any atom is 0.309 e. The van der Waals surface area contributed by atoms with Gasteiger partial charge >= 0.3 is 5.97 Å². The zero-order valence-electron chi connectivity index (χ0n) is 26.0. The number of carbonyl (C=O) groups is 2. The number of amides is 1. The van der Waals surface area contributed by atoms with Crippen LogP contribution < -0.4 is 10.1 Å². The molecule has 0 aromatic heterocycles. The number of benzene rings is 1. The van der Waals surface area contributed by atoms with Gasteiger partial charge in [0.25, 0.3) is 5.91 Å². The summed E-state index contributed by atoms with van der Waals surface area (Å²) in [6.45, 7) is 18.6. The van der Waals surface area contributed by atoms with Crippen LogP contribution >= 0.6 is 0 Å². The molecule has 1 aromatic rings. The van der Waals surface area contributed by atoms with Crippen molar-refractivity contribution in [2.24, 2.45) is 5.92 Å². The molecular weight excluding hydrogens is 505 g/mol. The Balaban J connectivity index is 2.75. The lowest BCUT2D eigenvalue weighted by Gasteiger charge is -2.28. The van der Waals surface area contributed by atoms with E-state index >= 15 is 4.39 Å². The van der Waals surface area contributed by atoms with Gasteiger partial charge in [0, 0.05) is 22.7 Å². The lowest BCUT2D eigenvalue weighted by Crippen LogP contribution is -2.38. The second-order valence-electron chi connectivity index (χ2n) is 11.5. The highest BCUT2D eigenvalue weighted by atomic mass is 19.1. The minimum absolute atomic E-state index is 0.0328. The van der Waals surface area contributed by atoms with Crippen LogP contribution in [0.15, 0.2) is 41.0 Å². The van der Waals surface area contributed by atoms with Crippen LogP contribution in [-0.2, 0) is 14.3 Å². The molecule has 0 aliphatic heterocycles. The molecule has 1 N–H and O–H groups in total. The van der Waals surface area contributed by atoms with E-state index in [-0.39, 0.29) is 29.9 Å². The first-order valence-electron chi connectivity index (χ1n) is 14.9. The van der Waals surface area contributed by atoms with Crippen molar-refractivity contribution in [2.45, 2.75) is 112 Å². The van der Waals surface area contributed by atoms with Gasteiger partial charge in [0.15, 0.2) is 0 Å². The molecule has 0 radical (unpaired) electrons. The van der Waals surface area contributed by atoms with Gasteiger partial charge in [-0.3, -0.25) is 9.59 Å². The van der Waals surface area contributed by atoms with Crippen LogP contribution in [0.5, 0.6) is 5.75 Å². The Labute approximate surface area is 241 Å². The summed E-state index contributed by atoms with van der Waals surface area (Å²) in [4.78, 5) is 26.1. The molecule has 0 saturated heterocycles. The van der Waals surface area contributed by atoms with E-state index in [2.05, 4.69) is 25.7 Å². The number of methoxy groups -OCH3 is 1. The second-order valence-corrected chi connectivity index (χ2v) is 11.5. The number of halogens is 1. The molecule has 1 aliphatic rings. The van der Waals surface area contributed by atoms with E-state index < -0.39 is 11.8 Å². The molecule has 2 rings (SSSR count). The number of esters is 1. The molecule has 0 atom stereocenters. The van der Waals surface area contributed by atoms with Crippen LogP contribution in [0.25, 0.3) is 5.57 Å². The zero-order chi connectivity index (χ0) is 30.0. The molecule has 1 aliphatic carbocycles. The van der Waals surface area contributed by atoms with Gasteiger partial charge in [-0.2, -0.15) is 0 Å². The van der Waals surface area contributed by atoms with Gasteiger partial charge in [-0.15, -0.1) is 0 Å². The summed E-state index contributed by atoms with van der Waals surface area (Å²) in [5.74, 6) is -0.0407. The van der Waals surface area contributed by atoms with Crippen molar-refractivity contribution in [3.63, 3.8) is 0 Å². The van der Waals surface area contributed by atoms with E-state index in [0.717, 1.165) is 50.5 Å². The number of hydrogen-bond donors (Lipinski definition) is 1. The quantitative estimate of drug-likeness (QED) is 0.151. The summed E-state index contributed by atoms with van der Waals surface area (Å²) in [6.07, 6.45) is 6.38. The summed E-state index contributed by atoms with van der Waals surface area (Å²) >= 11 is 0. The average Bonchev–Trinajstić information content (AvgIpc) is 2.92. The molecule has 0 unspecified atom stereocenters. The van der Waals surface area contributed by atoms with Crippen molar-refractivity contribution in [2.75, 3.05) is 13.7 Å². The number of allylic oxidation sites excluding steroid dienone is 2. The largest absolute Gasteiger partial charge is 0.493 e. The van der Waals surface area contributed by atoms with Gasteiger partial charge in [0.2, 0.25) is 0 Å². The summed E-state index contributed by atoms with van der Waals surface area (Å²) < 4.78 is 27.5. The Morgan fingerprint density at radius 1 is 1.10 bits per heavy atom. The predicted molar refractivity (Wildman–Crippen MR) is 162 cm³/mol. The number of carbonyl (C=O) groups excluding carboxylic acids is 2. The molecule has 1 saturated carbocycles. The Kier molecular flexibility index (Phi) is 13.1. The van der Waals surface area contributed by atoms with Crippen molar-refractivity contribution < 1.29 is 23.5 Å². The van der Waals surface area contributed by atoms with Crippen molar-refractivity contribution in [1.82, 2.24) is 5.32 Å². The number of nitrogens with one attached hydrogen (secondary N) is 1. The molecule has 0 spiro atoms. The fourth-order valence-corrected chi connectivity index (χ4v) is 5.43. The Morgan fingerprint density at radius 3 is 2.30 bits per heavy atom. The fraction of sp³-hybridized carbons (Fsp3) is 0.588. The molecule has 1 aromatic carbocycles. The molecule has 5 nitrogen and oxygen atoms in total. The average molecular weight is 556 g/mol. The lowest BCUT2D eigenvalue weighted by molar-refractivity contribution is -0.139. The van der Waals surface area contributed by atoms with E-state index in [9.17, 15) is 9.59 Å². The Morgan fingerprint density at radius 2 is 1.75 bits per heavy atom. The van der Waals surface area contributed by atoms with E-state index in [1.165, 1.54) is 7.11 Å². The highest BCUT2D eigenvalue weighted by Gasteiger charge is 2.28. The molecule has 0 bridgehead atoms. The third kappa shape index (κ3) is 8.55. The summed E-state index contributed by atoms with van der Waals surface area (Å²) in [5, 5.41) is 3.15. The SMILES string of the molecule is C=C(C(=O)NC1CCC(C)CC1)/C(C)=C(\C(CC(=O)OC)=C(\C)CCC)c1ccc(OCCC)c(C(C)C)c1F. The summed E-state index contributed by atoms with van der Waals surface area (Å²) in [5.41, 5.74) is 3.78. The highest BCUT2D eigenvalue weighted by Crippen LogP contribution is 2.41. The van der Waals surface area contributed by atoms with Crippen molar-refractivity contribution in [3.05, 3.63) is 57.9 Å². The maximum atomic E-state index is 16.5. The van der Waals surface area contributed by atoms with Gasteiger partial charge in [0.1, 0.15) is 11.6 Å². The van der Waals surface area contributed by atoms with Gasteiger partial charge in [-0.1, -0.05) is 53.2 Å². The van der Waals surface area contributed by atoms with Crippen LogP contribution in [0.3, 0.4) is 0 Å². The van der Waals surface area contributed by atoms with Gasteiger partial charge in [-0.25, -0.2) is 4.39 Å². The number of hydrogen-bond acceptors (Lipinski definition) is 4. The standard InChI is InChI=1S/C34H50FNO4/c1-10-12-23(6)28(20-30(37)39-9)32(24(7)25(8)34(38)36-26-15-13-22(5)14-16-26)27-17-18-29(40-19-11-2)31(21(3)4)33(27)35/h17-18,21-22,26H,8,10-16,19-20H2,1-7,9H3,(H,36,38)/b28-23-,32-24-. The van der Waals surface area contributed by atoms with Crippen LogP contribution in [-0.4, -0.2) is 31.6 Å². The monoisotopic (exact) mass is 555 g/mol. The second kappa shape index (κ2) is 15.8. The number of ether oxygens (including phenoxy) is 2. The van der Waals surface area contributed by atoms with E-state index in [1.54, 1.807) is 19.1 Å². The van der Waals surface area contributed by atoms with E-state index in [1.807, 2.05) is 27.7 Å². The smallest absolute Gasteiger partial charge is 0.309 e. The Bertz CT molecular complexity index is 1120. The minimum Gasteiger partial charge on any atom is -0.493 e. The van der Waals surface area contributed by atoms with Crippen LogP contribution in [0, 0.1) is 11.7 Å². The molecular formula is C34H50FNO4. The van der Waals surface area contributed by atoms with Gasteiger partial charge in [-0.05, 0) is 93.1 Å². The predicted octanol–water partition coefficient (Wildman–Crippen LogP) is 8.44. The summed E-state index contributed by atoms with van der Waals surface area (Å²) in [6, 6.07) is 3.60. The topological polar surface area (TPSA) is 64.6 Å². The van der Waals surface area contributed by atoms with E-state index in [0.29, 0.717) is 46.1 Å². The van der Waals surface area contributed by atoms with Crippen molar-refractivity contribution >= 4 is 17.4 Å². The zero-order valence-corrected chi connectivity index (χ0v) is 26.0. The third-order valence-electron chi connectivity index (χ3n) is 7.89. The first-order valence-corrected chi connectivity index (χ1v) is 14.9. The first kappa shape index (κ1) is 33.3. The first-order chi connectivity index (χ1) is 19.0. The maximum absolute atomic E-state index is 16.5. The molecule has 1 amide bonds. The van der Waals surface area contributed by atoms with Gasteiger partial charge < -0.3 is 14.8 Å². The molecule has 40 heavy (non-hydrogen) atoms. The van der Waals surface area contributed by atoms with Crippen LogP contribution in [0.2, 0.25) is 0 Å². The fourth-order valence-electron chi connectivity index (χ4n) is 5.43. The normalized spacial score (nSPS) is 18.6. The molecule has 1 fully saturated rings. The highest BCUT2D eigenvalue weighted by molar-refractivity contribution is 6.02. The molecule has 6 heteroatoms. The van der Waals surface area contributed by atoms with Crippen molar-refractivity contribution in [3.8, 4) is 5.75 Å². The van der Waals surface area contributed by atoms with Crippen molar-refractivity contribution in [1.29, 1.82) is 0 Å². The number of rotatable bonds is 13. The van der Waals surface area contributed by atoms with Crippen LogP contribution in [0.1, 0.15) is 117 Å². The molecule has 222 valence electrons. The third-order valence-corrected chi connectivity index (χ3v) is 7.89. The van der Waals surface area contributed by atoms with Gasteiger partial charge in [0.05, 0.1) is 20.1 Å². The molecule has 0 heterocycles. The summed E-state index contributed by atoms with van der Waals surface area (Å²) in [7, 11) is 1.35. The Hall–Kier alpha value is -2.89. The lowest BCUT2D eigenvalue weighted by atomic mass is 9.83. The van der Waals surface area contributed by atoms with Crippen LogP contribution in [0.4, 0.5) is 4.39 Å². The van der Waals surface area contributed by atoms with E-state index in [4.69, 9.17) is 9.47 Å². The minimum atomic E-state index is -0.422.